The summed E-state index contributed by atoms with van der Waals surface area (Å²) in [7, 11) is 1.56. The molecule has 0 aromatic heterocycles. The molecule has 0 radical (unpaired) electrons. The van der Waals surface area contributed by atoms with Crippen LogP contribution in [0, 0.1) is 11.8 Å². The van der Waals surface area contributed by atoms with Gasteiger partial charge in [0.1, 0.15) is 53.8 Å². The first-order valence-corrected chi connectivity index (χ1v) is 28.8. The molecular weight excluding hydrogens is 1120 g/mol. The molecule has 0 aliphatic rings. The second kappa shape index (κ2) is 36.3. The van der Waals surface area contributed by atoms with Gasteiger partial charge in [0.25, 0.3) is 0 Å². The van der Waals surface area contributed by atoms with Gasteiger partial charge in [0, 0.05) is 38.4 Å². The zero-order chi connectivity index (χ0) is 64.0. The Labute approximate surface area is 506 Å². The highest BCUT2D eigenvalue weighted by atomic mass is 16.5. The maximum Gasteiger partial charge on any atom is 0.326 e. The molecule has 4 aromatic carbocycles. The number of unbranched alkanes of at least 4 members (excludes halogenated alkanes) is 1. The number of phenols is 1. The number of carbonyl (C=O) groups is 11. The van der Waals surface area contributed by atoms with Crippen molar-refractivity contribution >= 4 is 70.7 Å². The number of benzene rings is 4. The lowest BCUT2D eigenvalue weighted by atomic mass is 10.0. The fourth-order valence-electron chi connectivity index (χ4n) is 8.88. The fourth-order valence-corrected chi connectivity index (χ4v) is 8.88. The summed E-state index contributed by atoms with van der Waals surface area (Å²) in [5.74, 6) is -8.62. The minimum Gasteiger partial charge on any atom is -0.508 e. The fraction of sp³-hybridized carbons (Fsp3) is 0.435. The molecule has 0 unspecified atom stereocenters. The molecule has 0 heterocycles. The SMILES string of the molecule is COc1ccc(NCCCC[C@H](NC(=O)CNC(=O)[C@H](CC(C)C)NC(=O)[C@H](Cc2ccccc2)NC(C)=O)C(=O)NCC(=O)N[C@H](C(=O)NCC(=O)N[C@@H](Cc2ccc(O)cc2)C(=O)N[C@@H](C)C(=O)N[C@@H](Cc2ccccc2)C(=O)O)C(C)C)cc1. The Bertz CT molecular complexity index is 2930. The van der Waals surface area contributed by atoms with Crippen molar-refractivity contribution < 1.29 is 67.7 Å². The largest absolute Gasteiger partial charge is 0.508 e. The number of rotatable bonds is 36. The Morgan fingerprint density at radius 2 is 0.943 bits per heavy atom. The summed E-state index contributed by atoms with van der Waals surface area (Å²) in [6.07, 6.45) is 1.23. The molecule has 0 saturated carbocycles. The smallest absolute Gasteiger partial charge is 0.326 e. The van der Waals surface area contributed by atoms with E-state index in [0.29, 0.717) is 36.3 Å². The monoisotopic (exact) mass is 1210 g/mol. The number of carboxylic acid groups (broad SMARTS) is 1. The summed E-state index contributed by atoms with van der Waals surface area (Å²) in [5.41, 5.74) is 2.75. The molecule has 13 N–H and O–H groups in total. The van der Waals surface area contributed by atoms with E-state index in [1.807, 2.05) is 32.0 Å². The zero-order valence-corrected chi connectivity index (χ0v) is 50.2. The van der Waals surface area contributed by atoms with Crippen LogP contribution in [0.3, 0.4) is 0 Å². The number of hydrogen-bond acceptors (Lipinski definition) is 14. The first-order chi connectivity index (χ1) is 41.4. The first kappa shape index (κ1) is 69.9. The number of carboxylic acids is 1. The third-order valence-electron chi connectivity index (χ3n) is 13.5. The van der Waals surface area contributed by atoms with Crippen LogP contribution in [0.5, 0.6) is 11.5 Å². The Hall–Kier alpha value is -9.55. The molecule has 0 fully saturated rings. The average Bonchev–Trinajstić information content (AvgIpc) is 3.69. The number of phenolic OH excluding ortho intramolecular Hbond substituents is 1. The van der Waals surface area contributed by atoms with Crippen LogP contribution in [0.2, 0.25) is 0 Å². The number of nitrogens with one attached hydrogen (secondary N) is 11. The van der Waals surface area contributed by atoms with Crippen molar-refractivity contribution in [1.82, 2.24) is 53.2 Å². The summed E-state index contributed by atoms with van der Waals surface area (Å²) >= 11 is 0. The Morgan fingerprint density at radius 3 is 1.46 bits per heavy atom. The molecular formula is C62H83N11O14. The molecule has 7 atom stereocenters. The number of methoxy groups -OCH3 is 1. The molecule has 25 nitrogen and oxygen atoms in total. The van der Waals surface area contributed by atoms with E-state index < -0.39 is 133 Å². The first-order valence-electron chi connectivity index (χ1n) is 28.8. The maximum absolute atomic E-state index is 13.8. The van der Waals surface area contributed by atoms with E-state index in [0.717, 1.165) is 11.3 Å². The Morgan fingerprint density at radius 1 is 0.471 bits per heavy atom. The number of anilines is 1. The molecule has 25 heteroatoms. The zero-order valence-electron chi connectivity index (χ0n) is 50.2. The summed E-state index contributed by atoms with van der Waals surface area (Å²) in [5, 5.41) is 48.5. The third-order valence-corrected chi connectivity index (χ3v) is 13.5. The van der Waals surface area contributed by atoms with Crippen molar-refractivity contribution in [3.63, 3.8) is 0 Å². The average molecular weight is 1210 g/mol. The van der Waals surface area contributed by atoms with Crippen LogP contribution in [0.15, 0.2) is 109 Å². The van der Waals surface area contributed by atoms with E-state index in [-0.39, 0.29) is 43.8 Å². The van der Waals surface area contributed by atoms with Crippen LogP contribution in [-0.4, -0.2) is 151 Å². The molecule has 4 aromatic rings. The van der Waals surface area contributed by atoms with E-state index in [1.165, 1.54) is 38.1 Å². The third kappa shape index (κ3) is 26.1. The Balaban J connectivity index is 1.37. The number of aliphatic carboxylic acids is 1. The van der Waals surface area contributed by atoms with Crippen LogP contribution in [0.25, 0.3) is 0 Å². The molecule has 0 bridgehead atoms. The molecule has 0 saturated heterocycles. The lowest BCUT2D eigenvalue weighted by molar-refractivity contribution is -0.142. The van der Waals surface area contributed by atoms with E-state index in [1.54, 1.807) is 87.7 Å². The minimum absolute atomic E-state index is 0.0289. The second-order valence-corrected chi connectivity index (χ2v) is 21.7. The number of aromatic hydroxyl groups is 1. The summed E-state index contributed by atoms with van der Waals surface area (Å²) in [4.78, 5) is 146. The molecule has 87 heavy (non-hydrogen) atoms. The van der Waals surface area contributed by atoms with Crippen LogP contribution in [-0.2, 0) is 72.0 Å². The van der Waals surface area contributed by atoms with Crippen LogP contribution in [0.4, 0.5) is 5.69 Å². The number of carbonyl (C=O) groups excluding carboxylic acids is 10. The van der Waals surface area contributed by atoms with Gasteiger partial charge in [0.15, 0.2) is 0 Å². The quantitative estimate of drug-likeness (QED) is 0.0285. The molecule has 0 aliphatic carbocycles. The topological polar surface area (TPSA) is 370 Å². The lowest BCUT2D eigenvalue weighted by Crippen LogP contribution is -2.57. The second-order valence-electron chi connectivity index (χ2n) is 21.7. The van der Waals surface area contributed by atoms with Crippen molar-refractivity contribution in [1.29, 1.82) is 0 Å². The summed E-state index contributed by atoms with van der Waals surface area (Å²) in [6.45, 7) is 8.13. The highest BCUT2D eigenvalue weighted by Crippen LogP contribution is 2.16. The van der Waals surface area contributed by atoms with Crippen molar-refractivity contribution in [2.45, 2.75) is 129 Å². The molecule has 0 aliphatic heterocycles. The van der Waals surface area contributed by atoms with E-state index in [4.69, 9.17) is 4.74 Å². The van der Waals surface area contributed by atoms with E-state index in [2.05, 4.69) is 58.5 Å². The van der Waals surface area contributed by atoms with Gasteiger partial charge in [-0.05, 0) is 97.5 Å². The van der Waals surface area contributed by atoms with Crippen LogP contribution in [0.1, 0.15) is 83.9 Å². The van der Waals surface area contributed by atoms with Gasteiger partial charge in [-0.1, -0.05) is 100 Å². The molecule has 0 spiro atoms. The van der Waals surface area contributed by atoms with Gasteiger partial charge in [0.05, 0.1) is 26.7 Å². The van der Waals surface area contributed by atoms with Crippen molar-refractivity contribution in [3.05, 3.63) is 126 Å². The highest BCUT2D eigenvalue weighted by Gasteiger charge is 2.31. The van der Waals surface area contributed by atoms with Gasteiger partial charge >= 0.3 is 5.97 Å². The standard InChI is InChI=1S/C62H83N11O14/c1-37(2)30-48(71-60(83)49(68-40(6)74)31-41-16-10-8-11-17-41)58(81)65-34-52(76)69-47(20-14-15-29-63-44-23-27-46(87-7)28-24-44)57(80)64-36-54(78)73-55(38(3)4)61(84)66-35-53(77)70-50(32-43-21-25-45(75)26-22-43)59(82)67-39(5)56(79)72-51(62(85)86)33-42-18-12-9-13-19-42/h8-13,16-19,21-28,37-39,47-51,55,63,75H,14-15,20,29-36H2,1-7H3,(H,64,80)(H,65,81)(H,66,84)(H,67,82)(H,68,74)(H,69,76)(H,70,77)(H,71,83)(H,72,79)(H,73,78)(H,85,86)/t39-,47-,48-,49-,50-,51-,55-/m0/s1. The van der Waals surface area contributed by atoms with Crippen molar-refractivity contribution in [2.24, 2.45) is 11.8 Å². The van der Waals surface area contributed by atoms with E-state index >= 15 is 0 Å². The minimum atomic E-state index is -1.34. The van der Waals surface area contributed by atoms with Gasteiger partial charge in [-0.3, -0.25) is 47.9 Å². The van der Waals surface area contributed by atoms with Gasteiger partial charge in [-0.25, -0.2) is 4.79 Å². The van der Waals surface area contributed by atoms with Gasteiger partial charge in [-0.15, -0.1) is 0 Å². The lowest BCUT2D eigenvalue weighted by Gasteiger charge is -2.24. The van der Waals surface area contributed by atoms with Crippen LogP contribution >= 0.6 is 0 Å². The summed E-state index contributed by atoms with van der Waals surface area (Å²) in [6, 6.07) is 22.2. The van der Waals surface area contributed by atoms with Gasteiger partial charge < -0.3 is 73.4 Å². The number of hydrogen-bond donors (Lipinski definition) is 13. The van der Waals surface area contributed by atoms with Crippen molar-refractivity contribution in [2.75, 3.05) is 38.6 Å². The predicted molar refractivity (Wildman–Crippen MR) is 323 cm³/mol. The predicted octanol–water partition coefficient (Wildman–Crippen LogP) is 1.28. The molecule has 470 valence electrons. The van der Waals surface area contributed by atoms with Gasteiger partial charge in [0.2, 0.25) is 59.1 Å². The van der Waals surface area contributed by atoms with Crippen LogP contribution < -0.4 is 63.2 Å². The normalized spacial score (nSPS) is 13.3. The van der Waals surface area contributed by atoms with Gasteiger partial charge in [-0.2, -0.15) is 0 Å². The number of amides is 10. The van der Waals surface area contributed by atoms with E-state index in [9.17, 15) is 63.0 Å². The summed E-state index contributed by atoms with van der Waals surface area (Å²) < 4.78 is 5.22. The highest BCUT2D eigenvalue weighted by molar-refractivity contribution is 5.97. The number of ether oxygens (including phenoxy) is 1. The Kier molecular flexibility index (Phi) is 29.2. The maximum atomic E-state index is 13.8. The molecule has 10 amide bonds. The molecule has 4 rings (SSSR count). The van der Waals surface area contributed by atoms with Crippen molar-refractivity contribution in [3.8, 4) is 11.5 Å².